The molecule has 2 heterocycles. The van der Waals surface area contributed by atoms with Crippen molar-refractivity contribution in [3.8, 4) is 10.4 Å². The molecule has 0 aliphatic rings. The average Bonchev–Trinajstić information content (AvgIpc) is 3.16. The van der Waals surface area contributed by atoms with E-state index in [1.54, 1.807) is 29.6 Å². The van der Waals surface area contributed by atoms with Gasteiger partial charge < -0.3 is 15.2 Å². The normalized spacial score (nSPS) is 10.5. The molecule has 0 bridgehead atoms. The fraction of sp³-hybridized carbons (Fsp3) is 0. The second-order valence-electron chi connectivity index (χ2n) is 4.58. The highest BCUT2D eigenvalue weighted by atomic mass is 79.9. The molecule has 4 nitrogen and oxygen atoms in total. The fourth-order valence-electron chi connectivity index (χ4n) is 2.04. The van der Waals surface area contributed by atoms with Crippen LogP contribution in [0.2, 0.25) is 0 Å². The predicted molar refractivity (Wildman–Crippen MR) is 94.1 cm³/mol. The van der Waals surface area contributed by atoms with Crippen LogP contribution in [0.4, 0.5) is 5.00 Å². The first-order chi connectivity index (χ1) is 11.1. The van der Waals surface area contributed by atoms with Gasteiger partial charge in [-0.2, -0.15) is 0 Å². The summed E-state index contributed by atoms with van der Waals surface area (Å²) in [5.41, 5.74) is 1.03. The summed E-state index contributed by atoms with van der Waals surface area (Å²) in [6, 6.07) is 10.5. The van der Waals surface area contributed by atoms with Crippen LogP contribution in [0.3, 0.4) is 0 Å². The molecule has 0 saturated carbocycles. The molecule has 0 radical (unpaired) electrons. The maximum Gasteiger partial charge on any atom is 0.256 e. The lowest BCUT2D eigenvalue weighted by Crippen LogP contribution is -2.24. The number of anilines is 1. The molecule has 1 amide bonds. The Morgan fingerprint density at radius 2 is 1.83 bits per heavy atom. The average molecular weight is 407 g/mol. The Hall–Kier alpha value is -1.96. The zero-order chi connectivity index (χ0) is 16.4. The number of benzene rings is 1. The minimum Gasteiger partial charge on any atom is -0.545 e. The minimum absolute atomic E-state index is 0.0166. The summed E-state index contributed by atoms with van der Waals surface area (Å²) in [5, 5.41) is 18.0. The molecule has 0 spiro atoms. The Bertz CT molecular complexity index is 854. The van der Waals surface area contributed by atoms with Gasteiger partial charge >= 0.3 is 0 Å². The standard InChI is InChI=1S/C16H10BrNO3S2/c17-10-5-3-9(4-6-10)14(19)18-15-13(16(20)21)11(8-23-15)12-2-1-7-22-12/h1-8H,(H,18,19)(H,20,21)/p-1. The van der Waals surface area contributed by atoms with Gasteiger partial charge in [0.05, 0.1) is 5.97 Å². The van der Waals surface area contributed by atoms with Gasteiger partial charge in [-0.15, -0.1) is 22.7 Å². The lowest BCUT2D eigenvalue weighted by atomic mass is 10.1. The topological polar surface area (TPSA) is 69.2 Å². The molecule has 0 atom stereocenters. The number of carboxylic acid groups (broad SMARTS) is 1. The smallest absolute Gasteiger partial charge is 0.256 e. The Kier molecular flexibility index (Phi) is 4.61. The summed E-state index contributed by atoms with van der Waals surface area (Å²) in [6.45, 7) is 0. The van der Waals surface area contributed by atoms with Crippen molar-refractivity contribution in [1.82, 2.24) is 0 Å². The van der Waals surface area contributed by atoms with E-state index in [2.05, 4.69) is 21.2 Å². The van der Waals surface area contributed by atoms with E-state index in [-0.39, 0.29) is 16.5 Å². The van der Waals surface area contributed by atoms with Gasteiger partial charge in [0.15, 0.2) is 0 Å². The van der Waals surface area contributed by atoms with E-state index in [4.69, 9.17) is 0 Å². The molecule has 2 aromatic heterocycles. The van der Waals surface area contributed by atoms with Gasteiger partial charge in [-0.3, -0.25) is 4.79 Å². The van der Waals surface area contributed by atoms with E-state index in [1.165, 1.54) is 22.7 Å². The Balaban J connectivity index is 1.93. The van der Waals surface area contributed by atoms with E-state index in [9.17, 15) is 14.7 Å². The van der Waals surface area contributed by atoms with Crippen LogP contribution in [-0.4, -0.2) is 11.9 Å². The van der Waals surface area contributed by atoms with E-state index in [0.717, 1.165) is 9.35 Å². The van der Waals surface area contributed by atoms with Crippen molar-refractivity contribution in [3.63, 3.8) is 0 Å². The molecular formula is C16H9BrNO3S2-. The van der Waals surface area contributed by atoms with Gasteiger partial charge in [0.25, 0.3) is 5.91 Å². The number of halogens is 1. The monoisotopic (exact) mass is 406 g/mol. The van der Waals surface area contributed by atoms with Gasteiger partial charge in [0.1, 0.15) is 5.00 Å². The zero-order valence-corrected chi connectivity index (χ0v) is 14.8. The second kappa shape index (κ2) is 6.66. The fourth-order valence-corrected chi connectivity index (χ4v) is 4.07. The number of thiophene rings is 2. The Labute approximate surface area is 148 Å². The maximum atomic E-state index is 12.3. The number of hydrogen-bond acceptors (Lipinski definition) is 5. The van der Waals surface area contributed by atoms with Gasteiger partial charge in [0.2, 0.25) is 0 Å². The SMILES string of the molecule is O=C(Nc1scc(-c2cccs2)c1C(=O)[O-])c1ccc(Br)cc1. The summed E-state index contributed by atoms with van der Waals surface area (Å²) in [7, 11) is 0. The van der Waals surface area contributed by atoms with Crippen molar-refractivity contribution in [2.45, 2.75) is 0 Å². The molecule has 7 heteroatoms. The van der Waals surface area contributed by atoms with Crippen molar-refractivity contribution >= 4 is 55.5 Å². The first-order valence-electron chi connectivity index (χ1n) is 6.50. The molecule has 116 valence electrons. The van der Waals surface area contributed by atoms with Gasteiger partial charge in [-0.1, -0.05) is 22.0 Å². The molecule has 3 aromatic rings. The van der Waals surface area contributed by atoms with E-state index in [0.29, 0.717) is 11.1 Å². The number of carboxylic acids is 1. The largest absolute Gasteiger partial charge is 0.545 e. The number of hydrogen-bond donors (Lipinski definition) is 1. The molecule has 1 N–H and O–H groups in total. The molecule has 0 fully saturated rings. The molecule has 1 aromatic carbocycles. The summed E-state index contributed by atoms with van der Waals surface area (Å²) >= 11 is 5.91. The lowest BCUT2D eigenvalue weighted by molar-refractivity contribution is -0.254. The van der Waals surface area contributed by atoms with E-state index < -0.39 is 5.97 Å². The maximum absolute atomic E-state index is 12.3. The number of nitrogens with one attached hydrogen (secondary N) is 1. The first-order valence-corrected chi connectivity index (χ1v) is 9.05. The van der Waals surface area contributed by atoms with Crippen LogP contribution in [0, 0.1) is 0 Å². The van der Waals surface area contributed by atoms with Crippen LogP contribution in [-0.2, 0) is 0 Å². The number of rotatable bonds is 4. The molecule has 23 heavy (non-hydrogen) atoms. The molecule has 0 saturated heterocycles. The number of carbonyl (C=O) groups excluding carboxylic acids is 2. The third-order valence-electron chi connectivity index (χ3n) is 3.12. The quantitative estimate of drug-likeness (QED) is 0.714. The highest BCUT2D eigenvalue weighted by Crippen LogP contribution is 2.37. The van der Waals surface area contributed by atoms with Crippen molar-refractivity contribution in [1.29, 1.82) is 0 Å². The van der Waals surface area contributed by atoms with Crippen molar-refractivity contribution in [3.05, 3.63) is 62.8 Å². The van der Waals surface area contributed by atoms with Crippen molar-refractivity contribution in [2.75, 3.05) is 5.32 Å². The third kappa shape index (κ3) is 3.36. The minimum atomic E-state index is -1.30. The first kappa shape index (κ1) is 15.9. The highest BCUT2D eigenvalue weighted by Gasteiger charge is 2.17. The summed E-state index contributed by atoms with van der Waals surface area (Å²) in [5.74, 6) is -1.67. The van der Waals surface area contributed by atoms with Gasteiger partial charge in [-0.05, 0) is 35.7 Å². The van der Waals surface area contributed by atoms with E-state index in [1.807, 2.05) is 17.5 Å². The van der Waals surface area contributed by atoms with Crippen LogP contribution in [0.25, 0.3) is 10.4 Å². The Morgan fingerprint density at radius 1 is 1.09 bits per heavy atom. The predicted octanol–water partition coefficient (Wildman–Crippen LogP) is 3.85. The number of carbonyl (C=O) groups is 2. The van der Waals surface area contributed by atoms with Crippen molar-refractivity contribution in [2.24, 2.45) is 0 Å². The number of aromatic carboxylic acids is 1. The number of amides is 1. The van der Waals surface area contributed by atoms with Gasteiger partial charge in [0, 0.05) is 31.4 Å². The summed E-state index contributed by atoms with van der Waals surface area (Å²) < 4.78 is 0.862. The van der Waals surface area contributed by atoms with Crippen LogP contribution in [0.1, 0.15) is 20.7 Å². The van der Waals surface area contributed by atoms with Crippen LogP contribution in [0.5, 0.6) is 0 Å². The molecule has 3 rings (SSSR count). The lowest BCUT2D eigenvalue weighted by Gasteiger charge is -2.09. The highest BCUT2D eigenvalue weighted by molar-refractivity contribution is 9.10. The third-order valence-corrected chi connectivity index (χ3v) is 5.44. The molecule has 0 aliphatic carbocycles. The van der Waals surface area contributed by atoms with Crippen molar-refractivity contribution < 1.29 is 14.7 Å². The summed E-state index contributed by atoms with van der Waals surface area (Å²) in [6.07, 6.45) is 0. The summed E-state index contributed by atoms with van der Waals surface area (Å²) in [4.78, 5) is 24.6. The van der Waals surface area contributed by atoms with Crippen LogP contribution >= 0.6 is 38.6 Å². The van der Waals surface area contributed by atoms with Crippen LogP contribution in [0.15, 0.2) is 51.6 Å². The van der Waals surface area contributed by atoms with Crippen LogP contribution < -0.4 is 10.4 Å². The second-order valence-corrected chi connectivity index (χ2v) is 7.32. The molecule has 0 unspecified atom stereocenters. The zero-order valence-electron chi connectivity index (χ0n) is 11.5. The Morgan fingerprint density at radius 3 is 2.43 bits per heavy atom. The van der Waals surface area contributed by atoms with E-state index >= 15 is 0 Å². The molecular weight excluding hydrogens is 398 g/mol. The van der Waals surface area contributed by atoms with Gasteiger partial charge in [-0.25, -0.2) is 0 Å². The molecule has 0 aliphatic heterocycles.